The average molecular weight is 405 g/mol. The van der Waals surface area contributed by atoms with Crippen molar-refractivity contribution in [3.63, 3.8) is 0 Å². The number of carbonyl (C=O) groups excluding carboxylic acids is 2. The van der Waals surface area contributed by atoms with Gasteiger partial charge in [0.2, 0.25) is 0 Å². The number of esters is 1. The van der Waals surface area contributed by atoms with Crippen LogP contribution in [0.2, 0.25) is 0 Å². The third-order valence-electron chi connectivity index (χ3n) is 4.74. The number of nitrogens with one attached hydrogen (secondary N) is 3. The van der Waals surface area contributed by atoms with Crippen molar-refractivity contribution in [3.8, 4) is 0 Å². The standard InChI is InChI=1S/C22H36N4O3/c1-17(27)18-5-7-19(8-6-18)20(21(28)29-22(2,3)4)26-15-13-24-11-9-23-10-12-25-14-16-26/h5-8,20,23-25H,9-16H2,1-4H3. The summed E-state index contributed by atoms with van der Waals surface area (Å²) in [5, 5.41) is 10.2. The smallest absolute Gasteiger partial charge is 0.328 e. The van der Waals surface area contributed by atoms with E-state index < -0.39 is 11.6 Å². The maximum atomic E-state index is 13.2. The Bertz CT molecular complexity index is 643. The van der Waals surface area contributed by atoms with Gasteiger partial charge in [0.15, 0.2) is 5.78 Å². The molecule has 1 aromatic rings. The molecular weight excluding hydrogens is 368 g/mol. The highest BCUT2D eigenvalue weighted by molar-refractivity contribution is 5.94. The zero-order valence-corrected chi connectivity index (χ0v) is 18.2. The molecule has 1 fully saturated rings. The molecule has 2 rings (SSSR count). The summed E-state index contributed by atoms with van der Waals surface area (Å²) in [7, 11) is 0. The lowest BCUT2D eigenvalue weighted by molar-refractivity contribution is -0.161. The summed E-state index contributed by atoms with van der Waals surface area (Å²) < 4.78 is 5.76. The molecule has 0 radical (unpaired) electrons. The second-order valence-corrected chi connectivity index (χ2v) is 8.40. The number of Topliss-reactive ketones (excluding diaryl/α,β-unsaturated/α-hetero) is 1. The molecule has 1 heterocycles. The Morgan fingerprint density at radius 1 is 0.897 bits per heavy atom. The Morgan fingerprint density at radius 2 is 1.38 bits per heavy atom. The lowest BCUT2D eigenvalue weighted by Gasteiger charge is -2.33. The summed E-state index contributed by atoms with van der Waals surface area (Å²) in [5.41, 5.74) is 0.919. The highest BCUT2D eigenvalue weighted by Crippen LogP contribution is 2.25. The van der Waals surface area contributed by atoms with E-state index >= 15 is 0 Å². The molecule has 162 valence electrons. The third kappa shape index (κ3) is 8.22. The Labute approximate surface area is 174 Å². The number of hydrogen-bond acceptors (Lipinski definition) is 7. The summed E-state index contributed by atoms with van der Waals surface area (Å²) >= 11 is 0. The van der Waals surface area contributed by atoms with Crippen LogP contribution in [-0.4, -0.2) is 74.6 Å². The molecule has 1 aliphatic heterocycles. The fraction of sp³-hybridized carbons (Fsp3) is 0.636. The maximum Gasteiger partial charge on any atom is 0.328 e. The number of rotatable bonds is 4. The minimum Gasteiger partial charge on any atom is -0.459 e. The van der Waals surface area contributed by atoms with Gasteiger partial charge in [-0.05, 0) is 33.3 Å². The van der Waals surface area contributed by atoms with E-state index in [0.29, 0.717) is 5.56 Å². The van der Waals surface area contributed by atoms with Crippen LogP contribution in [0.3, 0.4) is 0 Å². The summed E-state index contributed by atoms with van der Waals surface area (Å²) in [6.07, 6.45) is 0. The highest BCUT2D eigenvalue weighted by atomic mass is 16.6. The molecule has 1 unspecified atom stereocenters. The molecule has 7 nitrogen and oxygen atoms in total. The maximum absolute atomic E-state index is 13.2. The molecule has 0 saturated carbocycles. The number of nitrogens with zero attached hydrogens (tertiary/aromatic N) is 1. The Hall–Kier alpha value is -1.80. The van der Waals surface area contributed by atoms with E-state index in [9.17, 15) is 9.59 Å². The molecule has 1 atom stereocenters. The Morgan fingerprint density at radius 3 is 1.83 bits per heavy atom. The predicted molar refractivity (Wildman–Crippen MR) is 115 cm³/mol. The van der Waals surface area contributed by atoms with E-state index in [1.165, 1.54) is 0 Å². The molecule has 0 spiro atoms. The van der Waals surface area contributed by atoms with Crippen molar-refractivity contribution >= 4 is 11.8 Å². The van der Waals surface area contributed by atoms with E-state index in [1.54, 1.807) is 19.1 Å². The fourth-order valence-electron chi connectivity index (χ4n) is 3.30. The first-order valence-corrected chi connectivity index (χ1v) is 10.5. The first kappa shape index (κ1) is 23.5. The molecule has 1 aromatic carbocycles. The summed E-state index contributed by atoms with van der Waals surface area (Å²) in [5.74, 6) is -0.250. The molecule has 0 bridgehead atoms. The van der Waals surface area contributed by atoms with Gasteiger partial charge in [-0.25, -0.2) is 4.79 Å². The topological polar surface area (TPSA) is 82.7 Å². The van der Waals surface area contributed by atoms with E-state index in [1.807, 2.05) is 32.9 Å². The van der Waals surface area contributed by atoms with E-state index in [2.05, 4.69) is 20.9 Å². The van der Waals surface area contributed by atoms with Gasteiger partial charge in [0.05, 0.1) is 0 Å². The second-order valence-electron chi connectivity index (χ2n) is 8.40. The van der Waals surface area contributed by atoms with Crippen LogP contribution in [0.5, 0.6) is 0 Å². The minimum absolute atomic E-state index is 0.0127. The van der Waals surface area contributed by atoms with Crippen LogP contribution in [0.15, 0.2) is 24.3 Å². The molecule has 0 aromatic heterocycles. The van der Waals surface area contributed by atoms with Crippen molar-refractivity contribution in [2.45, 2.75) is 39.3 Å². The lowest BCUT2D eigenvalue weighted by atomic mass is 10.0. The van der Waals surface area contributed by atoms with E-state index in [4.69, 9.17) is 4.74 Å². The second kappa shape index (κ2) is 11.4. The van der Waals surface area contributed by atoms with Gasteiger partial charge in [0.25, 0.3) is 0 Å². The molecule has 1 aliphatic rings. The molecule has 1 saturated heterocycles. The number of hydrogen-bond donors (Lipinski definition) is 3. The van der Waals surface area contributed by atoms with Crippen molar-refractivity contribution in [1.82, 2.24) is 20.9 Å². The van der Waals surface area contributed by atoms with Gasteiger partial charge < -0.3 is 20.7 Å². The van der Waals surface area contributed by atoms with Crippen molar-refractivity contribution < 1.29 is 14.3 Å². The molecule has 7 heteroatoms. The normalized spacial score (nSPS) is 18.9. The van der Waals surface area contributed by atoms with Crippen molar-refractivity contribution in [2.24, 2.45) is 0 Å². The zero-order valence-electron chi connectivity index (χ0n) is 18.2. The summed E-state index contributed by atoms with van der Waals surface area (Å²) in [4.78, 5) is 27.0. The minimum atomic E-state index is -0.566. The lowest BCUT2D eigenvalue weighted by Crippen LogP contribution is -2.46. The largest absolute Gasteiger partial charge is 0.459 e. The number of ether oxygens (including phenoxy) is 1. The molecule has 29 heavy (non-hydrogen) atoms. The monoisotopic (exact) mass is 404 g/mol. The molecular formula is C22H36N4O3. The van der Waals surface area contributed by atoms with Gasteiger partial charge in [-0.3, -0.25) is 9.69 Å². The first-order valence-electron chi connectivity index (χ1n) is 10.5. The predicted octanol–water partition coefficient (Wildman–Crippen LogP) is 1.36. The van der Waals surface area contributed by atoms with Crippen LogP contribution in [-0.2, 0) is 9.53 Å². The average Bonchev–Trinajstić information content (AvgIpc) is 2.63. The summed E-state index contributed by atoms with van der Waals surface area (Å²) in [6, 6.07) is 6.79. The first-order chi connectivity index (χ1) is 13.8. The number of benzene rings is 1. The van der Waals surface area contributed by atoms with Gasteiger partial charge in [0, 0.05) is 57.9 Å². The van der Waals surface area contributed by atoms with Crippen LogP contribution in [0, 0.1) is 0 Å². The van der Waals surface area contributed by atoms with Gasteiger partial charge in [-0.2, -0.15) is 0 Å². The van der Waals surface area contributed by atoms with Crippen molar-refractivity contribution in [3.05, 3.63) is 35.4 Å². The quantitative estimate of drug-likeness (QED) is 0.516. The third-order valence-corrected chi connectivity index (χ3v) is 4.74. The number of carbonyl (C=O) groups is 2. The number of ketones is 1. The molecule has 0 aliphatic carbocycles. The Kier molecular flexibility index (Phi) is 9.23. The van der Waals surface area contributed by atoms with Crippen LogP contribution >= 0.6 is 0 Å². The highest BCUT2D eigenvalue weighted by Gasteiger charge is 2.31. The van der Waals surface area contributed by atoms with Crippen LogP contribution in [0.25, 0.3) is 0 Å². The van der Waals surface area contributed by atoms with Crippen LogP contribution < -0.4 is 16.0 Å². The van der Waals surface area contributed by atoms with Crippen molar-refractivity contribution in [2.75, 3.05) is 52.4 Å². The van der Waals surface area contributed by atoms with Crippen molar-refractivity contribution in [1.29, 1.82) is 0 Å². The van der Waals surface area contributed by atoms with E-state index in [0.717, 1.165) is 57.9 Å². The SMILES string of the molecule is CC(=O)c1ccc(C(C(=O)OC(C)(C)C)N2CCNCCNCCNCC2)cc1. The summed E-state index contributed by atoms with van der Waals surface area (Å²) in [6.45, 7) is 13.8. The van der Waals surface area contributed by atoms with Gasteiger partial charge in [-0.1, -0.05) is 24.3 Å². The van der Waals surface area contributed by atoms with Crippen LogP contribution in [0.4, 0.5) is 0 Å². The van der Waals surface area contributed by atoms with E-state index in [-0.39, 0.29) is 11.8 Å². The fourth-order valence-corrected chi connectivity index (χ4v) is 3.30. The molecule has 3 N–H and O–H groups in total. The zero-order chi connectivity index (χ0) is 21.3. The Balaban J connectivity index is 2.26. The molecule has 0 amide bonds. The van der Waals surface area contributed by atoms with Crippen LogP contribution in [0.1, 0.15) is 49.7 Å². The van der Waals surface area contributed by atoms with Gasteiger partial charge in [0.1, 0.15) is 11.6 Å². The van der Waals surface area contributed by atoms with Gasteiger partial charge in [-0.15, -0.1) is 0 Å². The van der Waals surface area contributed by atoms with Gasteiger partial charge >= 0.3 is 5.97 Å².